The predicted octanol–water partition coefficient (Wildman–Crippen LogP) is 0.783. The molecule has 0 saturated carbocycles. The summed E-state index contributed by atoms with van der Waals surface area (Å²) in [6, 6.07) is -0.0889. The van der Waals surface area contributed by atoms with Gasteiger partial charge in [0.25, 0.3) is 0 Å². The first kappa shape index (κ1) is 12.8. The Bertz CT molecular complexity index is 344. The third-order valence-electron chi connectivity index (χ3n) is 2.14. The highest BCUT2D eigenvalue weighted by atomic mass is 16.1. The van der Waals surface area contributed by atoms with Gasteiger partial charge in [-0.1, -0.05) is 13.8 Å². The molecule has 5 heteroatoms. The minimum atomic E-state index is -0.0889. The van der Waals surface area contributed by atoms with Crippen LogP contribution >= 0.6 is 0 Å². The molecule has 0 saturated heterocycles. The van der Waals surface area contributed by atoms with Gasteiger partial charge >= 0.3 is 0 Å². The molecule has 0 aromatic carbocycles. The summed E-state index contributed by atoms with van der Waals surface area (Å²) < 4.78 is 1.80. The number of rotatable bonds is 6. The molecule has 1 aromatic rings. The third-order valence-corrected chi connectivity index (χ3v) is 2.14. The van der Waals surface area contributed by atoms with Gasteiger partial charge in [0.05, 0.1) is 6.42 Å². The molecule has 90 valence electrons. The van der Waals surface area contributed by atoms with Gasteiger partial charge in [0.2, 0.25) is 0 Å². The molecule has 16 heavy (non-hydrogen) atoms. The topological polar surface area (TPSA) is 73.8 Å². The first-order valence-corrected chi connectivity index (χ1v) is 5.63. The van der Waals surface area contributed by atoms with E-state index >= 15 is 0 Å². The number of hydrogen-bond acceptors (Lipinski definition) is 4. The summed E-state index contributed by atoms with van der Waals surface area (Å²) in [5.41, 5.74) is 5.58. The number of Topliss-reactive ketones (excluding diaryl/α,β-unsaturated/α-hetero) is 1. The monoisotopic (exact) mass is 224 g/mol. The van der Waals surface area contributed by atoms with Gasteiger partial charge in [0.1, 0.15) is 17.9 Å². The molecular formula is C11H20N4O. The zero-order chi connectivity index (χ0) is 12.1. The lowest BCUT2D eigenvalue weighted by atomic mass is 10.1. The summed E-state index contributed by atoms with van der Waals surface area (Å²) in [7, 11) is 0. The lowest BCUT2D eigenvalue weighted by Gasteiger charge is -2.08. The summed E-state index contributed by atoms with van der Waals surface area (Å²) in [4.78, 5) is 15.7. The molecule has 1 heterocycles. The lowest BCUT2D eigenvalue weighted by Crippen LogP contribution is -2.22. The minimum absolute atomic E-state index is 0.0889. The summed E-state index contributed by atoms with van der Waals surface area (Å²) in [6.07, 6.45) is 2.22. The number of carbonyl (C=O) groups is 1. The number of ketones is 1. The molecular weight excluding hydrogens is 204 g/mol. The van der Waals surface area contributed by atoms with Crippen LogP contribution in [0.25, 0.3) is 0 Å². The van der Waals surface area contributed by atoms with Crippen molar-refractivity contribution in [2.75, 3.05) is 0 Å². The predicted molar refractivity (Wildman–Crippen MR) is 61.8 cm³/mol. The van der Waals surface area contributed by atoms with Gasteiger partial charge in [0.15, 0.2) is 0 Å². The Morgan fingerprint density at radius 1 is 1.50 bits per heavy atom. The van der Waals surface area contributed by atoms with Crippen molar-refractivity contribution >= 4 is 5.78 Å². The van der Waals surface area contributed by atoms with E-state index < -0.39 is 0 Å². The summed E-state index contributed by atoms with van der Waals surface area (Å²) in [5, 5.41) is 4.11. The molecule has 1 aromatic heterocycles. The van der Waals surface area contributed by atoms with Crippen molar-refractivity contribution in [2.45, 2.75) is 46.2 Å². The first-order valence-electron chi connectivity index (χ1n) is 5.63. The van der Waals surface area contributed by atoms with Crippen LogP contribution in [0, 0.1) is 5.92 Å². The van der Waals surface area contributed by atoms with Crippen LogP contribution in [-0.4, -0.2) is 26.6 Å². The molecule has 0 aliphatic rings. The van der Waals surface area contributed by atoms with E-state index in [1.54, 1.807) is 4.68 Å². The zero-order valence-electron chi connectivity index (χ0n) is 10.2. The average molecular weight is 224 g/mol. The van der Waals surface area contributed by atoms with Crippen LogP contribution in [0.4, 0.5) is 0 Å². The highest BCUT2D eigenvalue weighted by Gasteiger charge is 2.12. The number of hydrogen-bond donors (Lipinski definition) is 1. The van der Waals surface area contributed by atoms with Crippen LogP contribution < -0.4 is 5.73 Å². The Kier molecular flexibility index (Phi) is 4.61. The van der Waals surface area contributed by atoms with Crippen LogP contribution in [0.2, 0.25) is 0 Å². The Hall–Kier alpha value is -1.23. The van der Waals surface area contributed by atoms with E-state index in [0.29, 0.717) is 18.8 Å². The molecule has 0 amide bonds. The second-order valence-electron chi connectivity index (χ2n) is 4.65. The molecule has 5 nitrogen and oxygen atoms in total. The fourth-order valence-corrected chi connectivity index (χ4v) is 1.53. The molecule has 1 unspecified atom stereocenters. The van der Waals surface area contributed by atoms with Gasteiger partial charge in [-0.3, -0.25) is 4.79 Å². The fraction of sp³-hybridized carbons (Fsp3) is 0.727. The maximum atomic E-state index is 11.6. The zero-order valence-corrected chi connectivity index (χ0v) is 10.2. The molecule has 0 aliphatic carbocycles. The van der Waals surface area contributed by atoms with Gasteiger partial charge in [-0.15, -0.1) is 0 Å². The van der Waals surface area contributed by atoms with E-state index in [-0.39, 0.29) is 11.8 Å². The van der Waals surface area contributed by atoms with Crippen LogP contribution in [0.5, 0.6) is 0 Å². The van der Waals surface area contributed by atoms with E-state index in [4.69, 9.17) is 5.73 Å². The largest absolute Gasteiger partial charge is 0.328 e. The Balaban J connectivity index is 2.59. The number of nitrogens with zero attached hydrogens (tertiary/aromatic N) is 3. The summed E-state index contributed by atoms with van der Waals surface area (Å²) in [5.74, 6) is 1.34. The number of nitrogens with two attached hydrogens (primary N) is 1. The first-order chi connectivity index (χ1) is 7.49. The third kappa shape index (κ3) is 4.10. The van der Waals surface area contributed by atoms with E-state index in [9.17, 15) is 4.79 Å². The van der Waals surface area contributed by atoms with Crippen molar-refractivity contribution in [3.63, 3.8) is 0 Å². The molecule has 0 radical (unpaired) electrons. The smallest absolute Gasteiger partial charge is 0.141 e. The molecule has 1 atom stereocenters. The Morgan fingerprint density at radius 2 is 2.19 bits per heavy atom. The highest BCUT2D eigenvalue weighted by Crippen LogP contribution is 2.04. The second-order valence-corrected chi connectivity index (χ2v) is 4.65. The molecule has 0 spiro atoms. The highest BCUT2D eigenvalue weighted by molar-refractivity contribution is 5.80. The quantitative estimate of drug-likeness (QED) is 0.775. The standard InChI is InChI=1S/C11H20N4O/c1-8(2)6-15-11(13-7-14-15)5-10(16)4-9(3)12/h7-9H,4-6,12H2,1-3H3. The van der Waals surface area contributed by atoms with Crippen molar-refractivity contribution in [1.82, 2.24) is 14.8 Å². The second kappa shape index (κ2) is 5.75. The van der Waals surface area contributed by atoms with Crippen LogP contribution in [0.15, 0.2) is 6.33 Å². The van der Waals surface area contributed by atoms with Crippen molar-refractivity contribution in [1.29, 1.82) is 0 Å². The molecule has 1 rings (SSSR count). The maximum Gasteiger partial charge on any atom is 0.141 e. The Morgan fingerprint density at radius 3 is 2.75 bits per heavy atom. The normalized spacial score (nSPS) is 13.1. The van der Waals surface area contributed by atoms with Gasteiger partial charge < -0.3 is 5.73 Å². The lowest BCUT2D eigenvalue weighted by molar-refractivity contribution is -0.118. The molecule has 0 aliphatic heterocycles. The molecule has 0 bridgehead atoms. The van der Waals surface area contributed by atoms with Crippen molar-refractivity contribution in [3.05, 3.63) is 12.2 Å². The summed E-state index contributed by atoms with van der Waals surface area (Å²) >= 11 is 0. The van der Waals surface area contributed by atoms with E-state index in [2.05, 4.69) is 23.9 Å². The van der Waals surface area contributed by atoms with E-state index in [1.807, 2.05) is 6.92 Å². The van der Waals surface area contributed by atoms with Gasteiger partial charge in [0, 0.05) is 19.0 Å². The van der Waals surface area contributed by atoms with Crippen LogP contribution in [0.1, 0.15) is 33.0 Å². The van der Waals surface area contributed by atoms with Crippen LogP contribution in [0.3, 0.4) is 0 Å². The molecule has 0 fully saturated rings. The van der Waals surface area contributed by atoms with E-state index in [0.717, 1.165) is 12.4 Å². The SMILES string of the molecule is CC(C)Cn1ncnc1CC(=O)CC(C)N. The van der Waals surface area contributed by atoms with Crippen LogP contribution in [-0.2, 0) is 17.8 Å². The number of aromatic nitrogens is 3. The fourth-order valence-electron chi connectivity index (χ4n) is 1.53. The van der Waals surface area contributed by atoms with Gasteiger partial charge in [-0.05, 0) is 12.8 Å². The van der Waals surface area contributed by atoms with Gasteiger partial charge in [-0.25, -0.2) is 9.67 Å². The van der Waals surface area contributed by atoms with Gasteiger partial charge in [-0.2, -0.15) is 5.10 Å². The number of carbonyl (C=O) groups excluding carboxylic acids is 1. The van der Waals surface area contributed by atoms with Crippen molar-refractivity contribution in [3.8, 4) is 0 Å². The van der Waals surface area contributed by atoms with Crippen molar-refractivity contribution < 1.29 is 4.79 Å². The molecule has 2 N–H and O–H groups in total. The van der Waals surface area contributed by atoms with Crippen molar-refractivity contribution in [2.24, 2.45) is 11.7 Å². The minimum Gasteiger partial charge on any atom is -0.328 e. The maximum absolute atomic E-state index is 11.6. The Labute approximate surface area is 96.0 Å². The van der Waals surface area contributed by atoms with E-state index in [1.165, 1.54) is 6.33 Å². The summed E-state index contributed by atoms with van der Waals surface area (Å²) in [6.45, 7) is 6.84. The average Bonchev–Trinajstić information content (AvgIpc) is 2.50.